The van der Waals surface area contributed by atoms with E-state index in [1.54, 1.807) is 50.9 Å². The minimum absolute atomic E-state index is 0.346. The van der Waals surface area contributed by atoms with Crippen LogP contribution in [0.4, 0.5) is 0 Å². The Morgan fingerprint density at radius 3 is 2.59 bits per heavy atom. The number of methoxy groups -OCH3 is 2. The highest BCUT2D eigenvalue weighted by Crippen LogP contribution is 2.33. The van der Waals surface area contributed by atoms with Gasteiger partial charge in [-0.15, -0.1) is 6.58 Å². The van der Waals surface area contributed by atoms with Crippen LogP contribution >= 0.6 is 11.3 Å². The normalized spacial score (nSPS) is 11.7. The van der Waals surface area contributed by atoms with Crippen molar-refractivity contribution < 1.29 is 14.3 Å². The molecule has 7 nitrogen and oxygen atoms in total. The molecule has 8 heteroatoms. The SMILES string of the molecule is C=CCn1c(=NC(=O)c2ccc3nccnc3c2)sc2cc(OC)c(OC)cc21. The highest BCUT2D eigenvalue weighted by molar-refractivity contribution is 7.16. The van der Waals surface area contributed by atoms with E-state index in [0.29, 0.717) is 33.9 Å². The van der Waals surface area contributed by atoms with Gasteiger partial charge in [-0.05, 0) is 18.2 Å². The molecule has 0 aliphatic carbocycles. The largest absolute Gasteiger partial charge is 0.493 e. The van der Waals surface area contributed by atoms with E-state index in [9.17, 15) is 4.79 Å². The van der Waals surface area contributed by atoms with Crippen LogP contribution in [0.1, 0.15) is 10.4 Å². The molecule has 0 aliphatic rings. The van der Waals surface area contributed by atoms with E-state index in [4.69, 9.17) is 9.47 Å². The van der Waals surface area contributed by atoms with Crippen molar-refractivity contribution in [1.29, 1.82) is 0 Å². The third-order valence-electron chi connectivity index (χ3n) is 4.41. The number of carbonyl (C=O) groups excluding carboxylic acids is 1. The fraction of sp³-hybridized carbons (Fsp3) is 0.143. The molecule has 4 aromatic rings. The lowest BCUT2D eigenvalue weighted by molar-refractivity contribution is 0.0998. The summed E-state index contributed by atoms with van der Waals surface area (Å²) in [4.78, 5) is 26.3. The first-order valence-corrected chi connectivity index (χ1v) is 9.62. The zero-order valence-electron chi connectivity index (χ0n) is 16.0. The van der Waals surface area contributed by atoms with E-state index >= 15 is 0 Å². The molecule has 0 unspecified atom stereocenters. The fourth-order valence-corrected chi connectivity index (χ4v) is 4.08. The highest BCUT2D eigenvalue weighted by Gasteiger charge is 2.13. The van der Waals surface area contributed by atoms with Gasteiger partial charge in [0.2, 0.25) is 0 Å². The van der Waals surface area contributed by atoms with Crippen LogP contribution in [0.15, 0.2) is 60.4 Å². The lowest BCUT2D eigenvalue weighted by Gasteiger charge is -2.08. The Kier molecular flexibility index (Phi) is 5.09. The van der Waals surface area contributed by atoms with Crippen molar-refractivity contribution >= 4 is 38.5 Å². The second-order valence-corrected chi connectivity index (χ2v) is 7.14. The zero-order chi connectivity index (χ0) is 20.4. The first-order chi connectivity index (χ1) is 14.1. The Balaban J connectivity index is 1.86. The van der Waals surface area contributed by atoms with Crippen molar-refractivity contribution in [3.63, 3.8) is 0 Å². The molecule has 2 aromatic carbocycles. The number of rotatable bonds is 5. The minimum Gasteiger partial charge on any atom is -0.493 e. The van der Waals surface area contributed by atoms with Crippen LogP contribution in [0.2, 0.25) is 0 Å². The topological polar surface area (TPSA) is 78.6 Å². The van der Waals surface area contributed by atoms with E-state index < -0.39 is 0 Å². The van der Waals surface area contributed by atoms with Crippen molar-refractivity contribution in [3.05, 3.63) is 65.7 Å². The maximum absolute atomic E-state index is 12.8. The third-order valence-corrected chi connectivity index (χ3v) is 5.45. The third kappa shape index (κ3) is 3.50. The van der Waals surface area contributed by atoms with Crippen molar-refractivity contribution in [3.8, 4) is 11.5 Å². The van der Waals surface area contributed by atoms with Gasteiger partial charge in [-0.25, -0.2) is 0 Å². The molecule has 0 saturated carbocycles. The van der Waals surface area contributed by atoms with Gasteiger partial charge in [-0.3, -0.25) is 14.8 Å². The van der Waals surface area contributed by atoms with Gasteiger partial charge in [-0.1, -0.05) is 17.4 Å². The van der Waals surface area contributed by atoms with Crippen molar-refractivity contribution in [2.75, 3.05) is 14.2 Å². The smallest absolute Gasteiger partial charge is 0.279 e. The van der Waals surface area contributed by atoms with Crippen LogP contribution in [0.25, 0.3) is 21.3 Å². The van der Waals surface area contributed by atoms with Crippen LogP contribution in [-0.2, 0) is 6.54 Å². The highest BCUT2D eigenvalue weighted by atomic mass is 32.1. The summed E-state index contributed by atoms with van der Waals surface area (Å²) in [5.74, 6) is 0.889. The van der Waals surface area contributed by atoms with Gasteiger partial charge < -0.3 is 14.0 Å². The number of amides is 1. The monoisotopic (exact) mass is 406 g/mol. The van der Waals surface area contributed by atoms with Crippen LogP contribution < -0.4 is 14.3 Å². The standard InChI is InChI=1S/C21H18N4O3S/c1-4-9-25-16-11-17(27-2)18(28-3)12-19(16)29-21(25)24-20(26)13-5-6-14-15(10-13)23-8-7-22-14/h4-8,10-12H,1,9H2,2-3H3. The Morgan fingerprint density at radius 1 is 1.14 bits per heavy atom. The number of carbonyl (C=O) groups is 1. The molecule has 4 rings (SSSR count). The first-order valence-electron chi connectivity index (χ1n) is 8.80. The van der Waals surface area contributed by atoms with E-state index in [1.165, 1.54) is 11.3 Å². The zero-order valence-corrected chi connectivity index (χ0v) is 16.8. The van der Waals surface area contributed by atoms with Crippen molar-refractivity contribution in [1.82, 2.24) is 14.5 Å². The summed E-state index contributed by atoms with van der Waals surface area (Å²) in [5, 5.41) is 0. The van der Waals surface area contributed by atoms with Gasteiger partial charge in [-0.2, -0.15) is 4.99 Å². The summed E-state index contributed by atoms with van der Waals surface area (Å²) in [6.07, 6.45) is 4.97. The second-order valence-electron chi connectivity index (χ2n) is 6.14. The maximum atomic E-state index is 12.8. The number of nitrogens with zero attached hydrogens (tertiary/aromatic N) is 4. The molecule has 2 heterocycles. The molecular formula is C21H18N4O3S. The Bertz CT molecular complexity index is 1310. The summed E-state index contributed by atoms with van der Waals surface area (Å²) in [5.41, 5.74) is 2.73. The number of allylic oxidation sites excluding steroid dienone is 1. The number of fused-ring (bicyclic) bond motifs is 2. The average Bonchev–Trinajstić information content (AvgIpc) is 3.08. The van der Waals surface area contributed by atoms with Crippen LogP contribution in [-0.4, -0.2) is 34.7 Å². The minimum atomic E-state index is -0.346. The van der Waals surface area contributed by atoms with E-state index in [2.05, 4.69) is 21.5 Å². The summed E-state index contributed by atoms with van der Waals surface area (Å²) in [6.45, 7) is 4.32. The first kappa shape index (κ1) is 18.8. The predicted octanol–water partition coefficient (Wildman–Crippen LogP) is 3.59. The number of hydrogen-bond acceptors (Lipinski definition) is 6. The predicted molar refractivity (Wildman–Crippen MR) is 113 cm³/mol. The molecule has 0 radical (unpaired) electrons. The van der Waals surface area contributed by atoms with E-state index in [1.807, 2.05) is 16.7 Å². The number of aromatic nitrogens is 3. The summed E-state index contributed by atoms with van der Waals surface area (Å²) >= 11 is 1.40. The van der Waals surface area contributed by atoms with E-state index in [0.717, 1.165) is 15.7 Å². The Hall–Kier alpha value is -3.52. The molecule has 0 aliphatic heterocycles. The molecule has 0 atom stereocenters. The molecule has 0 spiro atoms. The Labute approximate surface area is 170 Å². The van der Waals surface area contributed by atoms with E-state index in [-0.39, 0.29) is 5.91 Å². The fourth-order valence-electron chi connectivity index (χ4n) is 3.04. The van der Waals surface area contributed by atoms with Crippen molar-refractivity contribution in [2.24, 2.45) is 4.99 Å². The van der Waals surface area contributed by atoms with Gasteiger partial charge in [0, 0.05) is 36.6 Å². The van der Waals surface area contributed by atoms with Crippen LogP contribution in [0.5, 0.6) is 11.5 Å². The summed E-state index contributed by atoms with van der Waals surface area (Å²) in [6, 6.07) is 8.94. The average molecular weight is 406 g/mol. The second kappa shape index (κ2) is 7.84. The number of benzene rings is 2. The number of hydrogen-bond donors (Lipinski definition) is 0. The lowest BCUT2D eigenvalue weighted by atomic mass is 10.2. The molecule has 2 aromatic heterocycles. The van der Waals surface area contributed by atoms with Crippen molar-refractivity contribution in [2.45, 2.75) is 6.54 Å². The van der Waals surface area contributed by atoms with Gasteiger partial charge in [0.15, 0.2) is 16.3 Å². The van der Waals surface area contributed by atoms with Gasteiger partial charge in [0.1, 0.15) is 0 Å². The molecule has 29 heavy (non-hydrogen) atoms. The molecule has 146 valence electrons. The van der Waals surface area contributed by atoms with Gasteiger partial charge >= 0.3 is 0 Å². The lowest BCUT2D eigenvalue weighted by Crippen LogP contribution is -2.16. The van der Waals surface area contributed by atoms with Crippen LogP contribution in [0, 0.1) is 0 Å². The van der Waals surface area contributed by atoms with Gasteiger partial charge in [0.25, 0.3) is 5.91 Å². The molecule has 0 bridgehead atoms. The van der Waals surface area contributed by atoms with Crippen LogP contribution in [0.3, 0.4) is 0 Å². The molecule has 0 N–H and O–H groups in total. The quantitative estimate of drug-likeness (QED) is 0.473. The maximum Gasteiger partial charge on any atom is 0.279 e. The summed E-state index contributed by atoms with van der Waals surface area (Å²) < 4.78 is 13.6. The Morgan fingerprint density at radius 2 is 1.86 bits per heavy atom. The molecule has 1 amide bonds. The van der Waals surface area contributed by atoms with Gasteiger partial charge in [0.05, 0.1) is 35.5 Å². The molecule has 0 saturated heterocycles. The molecule has 0 fully saturated rings. The number of thiazole rings is 1. The summed E-state index contributed by atoms with van der Waals surface area (Å²) in [7, 11) is 3.18. The molecular weight excluding hydrogens is 388 g/mol. The number of ether oxygens (including phenoxy) is 2.